The standard InChI is InChI=1S/C14H20F3N5/c15-14(16,17)9-21-6-3-11(8-21)20-12-7-13(19-10-18-12)22-4-1-2-5-22/h7,10-11H,1-6,8-9H2,(H,18,19,20). The predicted molar refractivity (Wildman–Crippen MR) is 78.0 cm³/mol. The highest BCUT2D eigenvalue weighted by Crippen LogP contribution is 2.23. The average Bonchev–Trinajstić information content (AvgIpc) is 3.09. The average molecular weight is 315 g/mol. The van der Waals surface area contributed by atoms with E-state index in [1.54, 1.807) is 0 Å². The third-order valence-electron chi connectivity index (χ3n) is 4.11. The van der Waals surface area contributed by atoms with Crippen LogP contribution in [0.4, 0.5) is 24.8 Å². The first kappa shape index (κ1) is 15.3. The number of alkyl halides is 3. The molecule has 2 aliphatic rings. The molecule has 22 heavy (non-hydrogen) atoms. The van der Waals surface area contributed by atoms with Gasteiger partial charge in [0.2, 0.25) is 0 Å². The van der Waals surface area contributed by atoms with Crippen LogP contribution in [-0.2, 0) is 0 Å². The monoisotopic (exact) mass is 315 g/mol. The van der Waals surface area contributed by atoms with Crippen molar-refractivity contribution < 1.29 is 13.2 Å². The van der Waals surface area contributed by atoms with Crippen molar-refractivity contribution in [2.24, 2.45) is 0 Å². The van der Waals surface area contributed by atoms with Crippen LogP contribution in [0.3, 0.4) is 0 Å². The van der Waals surface area contributed by atoms with E-state index in [2.05, 4.69) is 20.2 Å². The van der Waals surface area contributed by atoms with Gasteiger partial charge < -0.3 is 10.2 Å². The minimum Gasteiger partial charge on any atom is -0.366 e. The van der Waals surface area contributed by atoms with Gasteiger partial charge in [-0.25, -0.2) is 9.97 Å². The molecule has 0 spiro atoms. The van der Waals surface area contributed by atoms with Gasteiger partial charge >= 0.3 is 6.18 Å². The second kappa shape index (κ2) is 6.28. The number of nitrogens with zero attached hydrogens (tertiary/aromatic N) is 4. The Labute approximate surface area is 127 Å². The molecular weight excluding hydrogens is 295 g/mol. The van der Waals surface area contributed by atoms with Gasteiger partial charge in [0.25, 0.3) is 0 Å². The molecule has 8 heteroatoms. The van der Waals surface area contributed by atoms with Crippen LogP contribution in [0.1, 0.15) is 19.3 Å². The van der Waals surface area contributed by atoms with E-state index in [0.717, 1.165) is 18.9 Å². The third kappa shape index (κ3) is 4.00. The molecule has 0 aliphatic carbocycles. The Bertz CT molecular complexity index is 501. The number of nitrogens with one attached hydrogen (secondary N) is 1. The molecule has 3 heterocycles. The molecule has 0 bridgehead atoms. The van der Waals surface area contributed by atoms with E-state index in [1.165, 1.54) is 24.1 Å². The van der Waals surface area contributed by atoms with Crippen LogP contribution in [0, 0.1) is 0 Å². The van der Waals surface area contributed by atoms with E-state index in [4.69, 9.17) is 0 Å². The molecule has 1 aromatic rings. The van der Waals surface area contributed by atoms with E-state index in [-0.39, 0.29) is 6.04 Å². The molecule has 2 aliphatic heterocycles. The van der Waals surface area contributed by atoms with Gasteiger partial charge in [-0.05, 0) is 19.3 Å². The maximum atomic E-state index is 12.4. The fourth-order valence-corrected chi connectivity index (χ4v) is 3.10. The predicted octanol–water partition coefficient (Wildman–Crippen LogP) is 2.13. The third-order valence-corrected chi connectivity index (χ3v) is 4.11. The maximum Gasteiger partial charge on any atom is 0.401 e. The minimum absolute atomic E-state index is 0.00341. The molecule has 3 rings (SSSR count). The van der Waals surface area contributed by atoms with E-state index in [0.29, 0.717) is 25.3 Å². The quantitative estimate of drug-likeness (QED) is 0.922. The Kier molecular flexibility index (Phi) is 4.37. The maximum absolute atomic E-state index is 12.4. The molecule has 0 saturated carbocycles. The molecule has 2 fully saturated rings. The minimum atomic E-state index is -4.13. The largest absolute Gasteiger partial charge is 0.401 e. The van der Waals surface area contributed by atoms with Crippen LogP contribution >= 0.6 is 0 Å². The summed E-state index contributed by atoms with van der Waals surface area (Å²) in [6.07, 6.45) is 0.411. The molecule has 1 N–H and O–H groups in total. The van der Waals surface area contributed by atoms with Gasteiger partial charge in [-0.2, -0.15) is 13.2 Å². The van der Waals surface area contributed by atoms with Crippen molar-refractivity contribution in [2.45, 2.75) is 31.5 Å². The molecule has 0 aromatic carbocycles. The van der Waals surface area contributed by atoms with Gasteiger partial charge in [-0.1, -0.05) is 0 Å². The van der Waals surface area contributed by atoms with Crippen LogP contribution < -0.4 is 10.2 Å². The zero-order chi connectivity index (χ0) is 15.6. The first-order valence-electron chi connectivity index (χ1n) is 7.62. The lowest BCUT2D eigenvalue weighted by Crippen LogP contribution is -2.34. The molecule has 122 valence electrons. The summed E-state index contributed by atoms with van der Waals surface area (Å²) in [6.45, 7) is 2.01. The Balaban J connectivity index is 1.56. The zero-order valence-corrected chi connectivity index (χ0v) is 12.3. The Morgan fingerprint density at radius 1 is 1.18 bits per heavy atom. The van der Waals surface area contributed by atoms with Crippen molar-refractivity contribution in [3.63, 3.8) is 0 Å². The highest BCUT2D eigenvalue weighted by atomic mass is 19.4. The summed E-state index contributed by atoms with van der Waals surface area (Å²) in [4.78, 5) is 12.1. The second-order valence-electron chi connectivity index (χ2n) is 5.94. The summed E-state index contributed by atoms with van der Waals surface area (Å²) >= 11 is 0. The van der Waals surface area contributed by atoms with E-state index in [1.807, 2.05) is 6.07 Å². The molecule has 1 aromatic heterocycles. The number of likely N-dealkylation sites (tertiary alicyclic amines) is 1. The first-order chi connectivity index (χ1) is 10.5. The smallest absolute Gasteiger partial charge is 0.366 e. The summed E-state index contributed by atoms with van der Waals surface area (Å²) in [5, 5.41) is 3.23. The highest BCUT2D eigenvalue weighted by Gasteiger charge is 2.34. The van der Waals surface area contributed by atoms with E-state index in [9.17, 15) is 13.2 Å². The second-order valence-corrected chi connectivity index (χ2v) is 5.94. The summed E-state index contributed by atoms with van der Waals surface area (Å²) in [7, 11) is 0. The van der Waals surface area contributed by atoms with Gasteiger partial charge in [0.15, 0.2) is 0 Å². The normalized spacial score (nSPS) is 23.2. The molecule has 0 amide bonds. The fraction of sp³-hybridized carbons (Fsp3) is 0.714. The Morgan fingerprint density at radius 3 is 2.68 bits per heavy atom. The summed E-state index contributed by atoms with van der Waals surface area (Å²) < 4.78 is 37.2. The molecular formula is C14H20F3N5. The van der Waals surface area contributed by atoms with Crippen molar-refractivity contribution in [2.75, 3.05) is 42.9 Å². The van der Waals surface area contributed by atoms with E-state index >= 15 is 0 Å². The summed E-state index contributed by atoms with van der Waals surface area (Å²) in [5.74, 6) is 1.58. The van der Waals surface area contributed by atoms with Gasteiger partial charge in [0.1, 0.15) is 18.0 Å². The van der Waals surface area contributed by atoms with Crippen LogP contribution in [0.25, 0.3) is 0 Å². The van der Waals surface area contributed by atoms with Crippen LogP contribution in [0.2, 0.25) is 0 Å². The van der Waals surface area contributed by atoms with Gasteiger partial charge in [-0.15, -0.1) is 0 Å². The van der Waals surface area contributed by atoms with Crippen LogP contribution in [0.5, 0.6) is 0 Å². The molecule has 5 nitrogen and oxygen atoms in total. The summed E-state index contributed by atoms with van der Waals surface area (Å²) in [5.41, 5.74) is 0. The van der Waals surface area contributed by atoms with Gasteiger partial charge in [-0.3, -0.25) is 4.90 Å². The number of rotatable bonds is 4. The molecule has 2 saturated heterocycles. The van der Waals surface area contributed by atoms with E-state index < -0.39 is 12.7 Å². The lowest BCUT2D eigenvalue weighted by atomic mass is 10.2. The van der Waals surface area contributed by atoms with Crippen molar-refractivity contribution in [3.05, 3.63) is 12.4 Å². The van der Waals surface area contributed by atoms with Crippen molar-refractivity contribution in [3.8, 4) is 0 Å². The number of halogens is 3. The van der Waals surface area contributed by atoms with Gasteiger partial charge in [0, 0.05) is 38.3 Å². The Hall–Kier alpha value is -1.57. The lowest BCUT2D eigenvalue weighted by Gasteiger charge is -2.19. The SMILES string of the molecule is FC(F)(F)CN1CCC(Nc2cc(N3CCCC3)ncn2)C1. The van der Waals surface area contributed by atoms with Crippen LogP contribution in [0.15, 0.2) is 12.4 Å². The lowest BCUT2D eigenvalue weighted by molar-refractivity contribution is -0.143. The zero-order valence-electron chi connectivity index (χ0n) is 12.3. The molecule has 1 unspecified atom stereocenters. The number of hydrogen-bond acceptors (Lipinski definition) is 5. The topological polar surface area (TPSA) is 44.3 Å². The molecule has 1 atom stereocenters. The first-order valence-corrected chi connectivity index (χ1v) is 7.62. The van der Waals surface area contributed by atoms with Crippen molar-refractivity contribution >= 4 is 11.6 Å². The fourth-order valence-electron chi connectivity index (χ4n) is 3.10. The Morgan fingerprint density at radius 2 is 1.95 bits per heavy atom. The highest BCUT2D eigenvalue weighted by molar-refractivity contribution is 5.49. The number of anilines is 2. The van der Waals surface area contributed by atoms with Crippen molar-refractivity contribution in [1.29, 1.82) is 0 Å². The number of aromatic nitrogens is 2. The van der Waals surface area contributed by atoms with Gasteiger partial charge in [0.05, 0.1) is 6.54 Å². The van der Waals surface area contributed by atoms with Crippen molar-refractivity contribution in [1.82, 2.24) is 14.9 Å². The number of hydrogen-bond donors (Lipinski definition) is 1. The summed E-state index contributed by atoms with van der Waals surface area (Å²) in [6, 6.07) is 1.89. The van der Waals surface area contributed by atoms with Crippen LogP contribution in [-0.4, -0.2) is 59.8 Å². The molecule has 0 radical (unpaired) electrons.